The van der Waals surface area contributed by atoms with E-state index in [4.69, 9.17) is 11.6 Å². The molecule has 6 aromatic rings. The molecule has 2 saturated heterocycles. The molecule has 0 bridgehead atoms. The van der Waals surface area contributed by atoms with Crippen molar-refractivity contribution in [2.45, 2.75) is 38.1 Å². The maximum atomic E-state index is 15.0. The van der Waals surface area contributed by atoms with Gasteiger partial charge in [-0.1, -0.05) is 0 Å². The second-order valence-corrected chi connectivity index (χ2v) is 15.2. The van der Waals surface area contributed by atoms with Crippen molar-refractivity contribution < 1.29 is 8.78 Å². The largest absolute Gasteiger partial charge is 0.384 e. The summed E-state index contributed by atoms with van der Waals surface area (Å²) in [5.41, 5.74) is 4.95. The molecule has 8 heterocycles. The fraction of sp³-hybridized carbons (Fsp3) is 0.381. The Hall–Kier alpha value is -5.42. The zero-order chi connectivity index (χ0) is 40.7. The van der Waals surface area contributed by atoms with Crippen molar-refractivity contribution in [3.8, 4) is 0 Å². The first kappa shape index (κ1) is 42.7. The highest BCUT2D eigenvalue weighted by molar-refractivity contribution is 6.17. The van der Waals surface area contributed by atoms with Crippen LogP contribution in [0.4, 0.5) is 31.8 Å². The molecule has 10 rings (SSSR count). The van der Waals surface area contributed by atoms with Crippen LogP contribution in [0, 0.1) is 11.6 Å². The van der Waals surface area contributed by atoms with E-state index in [-0.39, 0.29) is 41.0 Å². The normalized spacial score (nSPS) is 16.2. The van der Waals surface area contributed by atoms with Crippen molar-refractivity contribution in [3.05, 3.63) is 116 Å². The Balaban J connectivity index is 0.000000149. The summed E-state index contributed by atoms with van der Waals surface area (Å²) in [6.45, 7) is 9.73. The minimum Gasteiger partial charge on any atom is -0.384 e. The zero-order valence-electron chi connectivity index (χ0n) is 33.1. The zero-order valence-corrected chi connectivity index (χ0v) is 34.6. The van der Waals surface area contributed by atoms with Crippen molar-refractivity contribution >= 4 is 68.8 Å². The minimum absolute atomic E-state index is 0. The molecule has 2 aromatic carbocycles. The van der Waals surface area contributed by atoms with E-state index in [2.05, 4.69) is 60.6 Å². The summed E-state index contributed by atoms with van der Waals surface area (Å²) in [6, 6.07) is 6.66. The third-order valence-electron chi connectivity index (χ3n) is 11.1. The predicted octanol–water partition coefficient (Wildman–Crippen LogP) is 5.21. The molecule has 18 heteroatoms. The van der Waals surface area contributed by atoms with Crippen molar-refractivity contribution in [2.24, 2.45) is 0 Å². The van der Waals surface area contributed by atoms with Crippen molar-refractivity contribution in [1.82, 2.24) is 40.1 Å². The third-order valence-corrected chi connectivity index (χ3v) is 11.4. The van der Waals surface area contributed by atoms with Gasteiger partial charge in [0.05, 0.1) is 45.6 Å². The van der Waals surface area contributed by atoms with Gasteiger partial charge in [-0.05, 0) is 61.1 Å². The van der Waals surface area contributed by atoms with E-state index in [9.17, 15) is 18.4 Å². The number of H-pyrrole nitrogens is 2. The lowest BCUT2D eigenvalue weighted by Crippen LogP contribution is -2.46. The second kappa shape index (κ2) is 19.8. The molecule has 4 aliphatic heterocycles. The molecule has 0 amide bonds. The smallest absolute Gasteiger partial charge is 0.253 e. The van der Waals surface area contributed by atoms with Gasteiger partial charge in [-0.3, -0.25) is 24.5 Å². The summed E-state index contributed by atoms with van der Waals surface area (Å²) >= 11 is 5.71. The van der Waals surface area contributed by atoms with Gasteiger partial charge in [0.2, 0.25) is 0 Å². The lowest BCUT2D eigenvalue weighted by atomic mass is 10.00. The standard InChI is InChI=1S/C21H23FN6O.C13H12ClFN2O.C8H12N4.ClH/c22-16-10-14(11-17-19(16)20-15(21(29)26-17)2-1-3-25-20)13-27-6-8-28(9-7-27)18-12-23-4-5-24-18;14-6-7-4-9(15)11-10(5-7)17-13(18)8-2-1-3-16-12(8)11;1-2-11-8(7-10-1)12-5-3-9-4-6-12;/h4-5,10-12,25H,1-3,6-9,13H2,(H,26,29);4-5,16H,1-3,6H2,(H,17,18);1-2,7,9H,3-6H2;1H. The molecule has 14 nitrogen and oxygen atoms in total. The van der Waals surface area contributed by atoms with E-state index in [1.54, 1.807) is 43.1 Å². The van der Waals surface area contributed by atoms with E-state index in [1.165, 1.54) is 6.07 Å². The number of halogens is 4. The number of nitrogens with one attached hydrogen (secondary N) is 5. The highest BCUT2D eigenvalue weighted by Gasteiger charge is 2.23. The number of benzene rings is 2. The van der Waals surface area contributed by atoms with Gasteiger partial charge in [0.1, 0.15) is 23.3 Å². The molecule has 0 saturated carbocycles. The number of aromatic nitrogens is 6. The molecule has 60 heavy (non-hydrogen) atoms. The monoisotopic (exact) mass is 860 g/mol. The highest BCUT2D eigenvalue weighted by atomic mass is 35.5. The number of hydrogen-bond acceptors (Lipinski definition) is 12. The molecule has 5 N–H and O–H groups in total. The maximum absolute atomic E-state index is 15.0. The Morgan fingerprint density at radius 3 is 1.63 bits per heavy atom. The van der Waals surface area contributed by atoms with E-state index in [1.807, 2.05) is 12.3 Å². The summed E-state index contributed by atoms with van der Waals surface area (Å²) in [7, 11) is 0. The van der Waals surface area contributed by atoms with Crippen LogP contribution >= 0.6 is 24.0 Å². The summed E-state index contributed by atoms with van der Waals surface area (Å²) in [5, 5.41) is 10.6. The number of rotatable bonds is 5. The molecule has 0 radical (unpaired) electrons. The van der Waals surface area contributed by atoms with Crippen LogP contribution in [0.2, 0.25) is 0 Å². The molecule has 0 aliphatic carbocycles. The first-order valence-corrected chi connectivity index (χ1v) is 20.6. The number of aromatic amines is 2. The van der Waals surface area contributed by atoms with E-state index < -0.39 is 0 Å². The predicted molar refractivity (Wildman–Crippen MR) is 236 cm³/mol. The number of fused-ring (bicyclic) bond motifs is 6. The van der Waals surface area contributed by atoms with Gasteiger partial charge in [-0.2, -0.15) is 0 Å². The van der Waals surface area contributed by atoms with Crippen LogP contribution in [0.5, 0.6) is 0 Å². The lowest BCUT2D eigenvalue weighted by molar-refractivity contribution is 0.249. The number of anilines is 4. The minimum atomic E-state index is -0.343. The van der Waals surface area contributed by atoms with Crippen LogP contribution in [0.3, 0.4) is 0 Å². The number of alkyl halides is 1. The first-order chi connectivity index (χ1) is 28.9. The van der Waals surface area contributed by atoms with Crippen LogP contribution in [0.1, 0.15) is 35.1 Å². The summed E-state index contributed by atoms with van der Waals surface area (Å²) in [5.74, 6) is 1.47. The second-order valence-electron chi connectivity index (χ2n) is 14.9. The average molecular weight is 862 g/mol. The van der Waals surface area contributed by atoms with Crippen LogP contribution in [-0.2, 0) is 25.3 Å². The van der Waals surface area contributed by atoms with Crippen molar-refractivity contribution in [3.63, 3.8) is 0 Å². The summed E-state index contributed by atoms with van der Waals surface area (Å²) < 4.78 is 29.1. The van der Waals surface area contributed by atoms with Crippen molar-refractivity contribution in [1.29, 1.82) is 0 Å². The van der Waals surface area contributed by atoms with E-state index >= 15 is 0 Å². The fourth-order valence-electron chi connectivity index (χ4n) is 8.14. The number of hydrogen-bond donors (Lipinski definition) is 5. The van der Waals surface area contributed by atoms with Gasteiger partial charge in [-0.15, -0.1) is 24.0 Å². The SMILES string of the molecule is Cl.O=c1[nH]c2cc(CCl)cc(F)c2c2c1CCCN2.O=c1[nH]c2cc(CN3CCN(c4cnccn4)CC3)cc(F)c2c2c1CCCN2.c1cnc(N2CCNCC2)cn1. The first-order valence-electron chi connectivity index (χ1n) is 20.1. The molecule has 316 valence electrons. The summed E-state index contributed by atoms with van der Waals surface area (Å²) in [4.78, 5) is 53.5. The quantitative estimate of drug-likeness (QED) is 0.144. The molecule has 0 unspecified atom stereocenters. The van der Waals surface area contributed by atoms with Gasteiger partial charge in [-0.25, -0.2) is 18.7 Å². The number of piperazine rings is 2. The third kappa shape index (κ3) is 9.62. The van der Waals surface area contributed by atoms with Gasteiger partial charge >= 0.3 is 0 Å². The molecular weight excluding hydrogens is 813 g/mol. The van der Waals surface area contributed by atoms with E-state index in [0.29, 0.717) is 69.3 Å². The molecule has 0 spiro atoms. The van der Waals surface area contributed by atoms with Gasteiger partial charge in [0, 0.05) is 114 Å². The molecule has 4 aromatic heterocycles. The molecule has 4 aliphatic rings. The molecule has 2 fully saturated rings. The van der Waals surface area contributed by atoms with Crippen molar-refractivity contribution in [2.75, 3.05) is 85.9 Å². The Morgan fingerprint density at radius 1 is 0.633 bits per heavy atom. The maximum Gasteiger partial charge on any atom is 0.253 e. The number of pyridine rings is 2. The Kier molecular flexibility index (Phi) is 14.1. The topological polar surface area (TPSA) is 163 Å². The molecule has 0 atom stereocenters. The van der Waals surface area contributed by atoms with Crippen LogP contribution in [0.25, 0.3) is 21.8 Å². The van der Waals surface area contributed by atoms with Crippen LogP contribution < -0.4 is 36.9 Å². The van der Waals surface area contributed by atoms with Crippen LogP contribution in [-0.4, -0.2) is 100 Å². The van der Waals surface area contributed by atoms with Gasteiger partial charge in [0.15, 0.2) is 0 Å². The Bertz CT molecular complexity index is 2520. The Morgan fingerprint density at radius 2 is 1.13 bits per heavy atom. The average Bonchev–Trinajstić information content (AvgIpc) is 3.28. The van der Waals surface area contributed by atoms with Gasteiger partial charge in [0.25, 0.3) is 11.1 Å². The number of nitrogens with zero attached hydrogens (tertiary/aromatic N) is 7. The van der Waals surface area contributed by atoms with Crippen LogP contribution in [0.15, 0.2) is 71.0 Å². The van der Waals surface area contributed by atoms with Gasteiger partial charge < -0.3 is 35.7 Å². The highest BCUT2D eigenvalue weighted by Crippen LogP contribution is 2.32. The van der Waals surface area contributed by atoms with E-state index in [0.717, 1.165) is 95.5 Å². The summed E-state index contributed by atoms with van der Waals surface area (Å²) in [6.07, 6.45) is 13.5. The lowest BCUT2D eigenvalue weighted by Gasteiger charge is -2.35. The molecular formula is C42H48Cl2F2N12O2. The fourth-order valence-corrected chi connectivity index (χ4v) is 8.30. The Labute approximate surface area is 356 Å².